The fraction of sp³-hybridized carbons (Fsp3) is 0.130. The first kappa shape index (κ1) is 16.9. The van der Waals surface area contributed by atoms with E-state index in [9.17, 15) is 4.79 Å². The Bertz CT molecular complexity index is 1380. The first-order valence-electron chi connectivity index (χ1n) is 9.93. The highest BCUT2D eigenvalue weighted by molar-refractivity contribution is 5.98. The van der Waals surface area contributed by atoms with Crippen molar-refractivity contribution in [1.82, 2.24) is 25.1 Å². The van der Waals surface area contributed by atoms with E-state index < -0.39 is 0 Å². The molecule has 0 atom stereocenters. The van der Waals surface area contributed by atoms with Gasteiger partial charge in [0.2, 0.25) is 5.91 Å². The van der Waals surface area contributed by atoms with Crippen molar-refractivity contribution >= 4 is 33.5 Å². The fourth-order valence-electron chi connectivity index (χ4n) is 3.74. The van der Waals surface area contributed by atoms with Gasteiger partial charge in [-0.1, -0.05) is 6.07 Å². The predicted octanol–water partition coefficient (Wildman–Crippen LogP) is 4.52. The van der Waals surface area contributed by atoms with Crippen LogP contribution >= 0.6 is 0 Å². The second-order valence-electron chi connectivity index (χ2n) is 7.68. The van der Waals surface area contributed by atoms with Gasteiger partial charge in [0.15, 0.2) is 0 Å². The smallest absolute Gasteiger partial charge is 0.227 e. The van der Waals surface area contributed by atoms with E-state index in [1.807, 2.05) is 36.4 Å². The molecule has 0 bridgehead atoms. The number of rotatable bonds is 4. The first-order chi connectivity index (χ1) is 14.7. The number of H-pyrrole nitrogens is 2. The maximum atomic E-state index is 12.1. The molecule has 0 saturated heterocycles. The van der Waals surface area contributed by atoms with E-state index in [2.05, 4.69) is 36.5 Å². The SMILES string of the molecule is O=C(Nc1cncc(-c2ccc3[nH]nc(-c4cc5ncccc5[nH]4)c3c2)c1)C1CC1. The summed E-state index contributed by atoms with van der Waals surface area (Å²) < 4.78 is 0. The highest BCUT2D eigenvalue weighted by Gasteiger charge is 2.29. The molecule has 6 rings (SSSR count). The highest BCUT2D eigenvalue weighted by Crippen LogP contribution is 2.33. The molecule has 0 unspecified atom stereocenters. The van der Waals surface area contributed by atoms with Gasteiger partial charge in [0.05, 0.1) is 34.1 Å². The van der Waals surface area contributed by atoms with Gasteiger partial charge in [-0.05, 0) is 54.8 Å². The molecule has 4 aromatic heterocycles. The van der Waals surface area contributed by atoms with Crippen molar-refractivity contribution in [2.45, 2.75) is 12.8 Å². The quantitative estimate of drug-likeness (QED) is 0.417. The molecule has 7 heteroatoms. The van der Waals surface area contributed by atoms with Gasteiger partial charge < -0.3 is 10.3 Å². The van der Waals surface area contributed by atoms with Crippen LogP contribution in [0.5, 0.6) is 0 Å². The van der Waals surface area contributed by atoms with Crippen LogP contribution in [-0.4, -0.2) is 31.1 Å². The zero-order valence-electron chi connectivity index (χ0n) is 16.0. The normalized spacial score (nSPS) is 13.7. The number of carbonyl (C=O) groups excluding carboxylic acids is 1. The van der Waals surface area contributed by atoms with Crippen molar-refractivity contribution < 1.29 is 4.79 Å². The summed E-state index contributed by atoms with van der Waals surface area (Å²) in [5.41, 5.74) is 7.26. The molecule has 7 nitrogen and oxygen atoms in total. The number of pyridine rings is 2. The van der Waals surface area contributed by atoms with Crippen LogP contribution < -0.4 is 5.32 Å². The number of amides is 1. The molecule has 0 radical (unpaired) electrons. The van der Waals surface area contributed by atoms with Crippen LogP contribution in [0.1, 0.15) is 12.8 Å². The van der Waals surface area contributed by atoms with Gasteiger partial charge in [-0.15, -0.1) is 0 Å². The van der Waals surface area contributed by atoms with Gasteiger partial charge in [-0.25, -0.2) is 0 Å². The molecule has 1 saturated carbocycles. The van der Waals surface area contributed by atoms with Gasteiger partial charge in [-0.2, -0.15) is 5.10 Å². The van der Waals surface area contributed by atoms with E-state index in [0.717, 1.165) is 63.0 Å². The van der Waals surface area contributed by atoms with Crippen LogP contribution in [0.25, 0.3) is 44.5 Å². The van der Waals surface area contributed by atoms with E-state index in [1.165, 1.54) is 0 Å². The second-order valence-corrected chi connectivity index (χ2v) is 7.68. The molecular formula is C23H18N6O. The molecule has 3 N–H and O–H groups in total. The zero-order chi connectivity index (χ0) is 20.1. The number of carbonyl (C=O) groups is 1. The third kappa shape index (κ3) is 2.91. The third-order valence-electron chi connectivity index (χ3n) is 5.49. The van der Waals surface area contributed by atoms with E-state index in [4.69, 9.17) is 0 Å². The minimum atomic E-state index is 0.0777. The summed E-state index contributed by atoms with van der Waals surface area (Å²) in [7, 11) is 0. The maximum Gasteiger partial charge on any atom is 0.227 e. The minimum Gasteiger partial charge on any atom is -0.352 e. The second kappa shape index (κ2) is 6.52. The molecule has 1 fully saturated rings. The molecule has 0 aliphatic heterocycles. The minimum absolute atomic E-state index is 0.0777. The summed E-state index contributed by atoms with van der Waals surface area (Å²) >= 11 is 0. The Morgan fingerprint density at radius 3 is 2.83 bits per heavy atom. The van der Waals surface area contributed by atoms with Crippen LogP contribution in [-0.2, 0) is 4.79 Å². The molecule has 1 aliphatic rings. The third-order valence-corrected chi connectivity index (χ3v) is 5.49. The molecule has 1 aromatic carbocycles. The van der Waals surface area contributed by atoms with Gasteiger partial charge in [0, 0.05) is 29.3 Å². The lowest BCUT2D eigenvalue weighted by molar-refractivity contribution is -0.117. The fourth-order valence-corrected chi connectivity index (χ4v) is 3.74. The number of nitrogens with one attached hydrogen (secondary N) is 3. The standard InChI is InChI=1S/C23H18N6O/c30-23(13-3-4-13)26-16-8-15(11-24-12-16)14-5-6-18-17(9-14)22(29-28-18)21-10-20-19(27-21)2-1-7-25-20/h1-2,5-13,27H,3-4H2,(H,26,30)(H,28,29). The largest absolute Gasteiger partial charge is 0.352 e. The molecule has 4 heterocycles. The molecule has 1 aliphatic carbocycles. The summed E-state index contributed by atoms with van der Waals surface area (Å²) in [5, 5.41) is 11.6. The van der Waals surface area contributed by atoms with E-state index >= 15 is 0 Å². The van der Waals surface area contributed by atoms with Crippen LogP contribution in [0.4, 0.5) is 5.69 Å². The Hall–Kier alpha value is -4.00. The number of fused-ring (bicyclic) bond motifs is 2. The lowest BCUT2D eigenvalue weighted by Crippen LogP contribution is -2.13. The van der Waals surface area contributed by atoms with Crippen molar-refractivity contribution in [3.8, 4) is 22.5 Å². The van der Waals surface area contributed by atoms with Crippen molar-refractivity contribution in [2.24, 2.45) is 5.92 Å². The number of anilines is 1. The van der Waals surface area contributed by atoms with Crippen molar-refractivity contribution in [3.05, 3.63) is 61.1 Å². The molecular weight excluding hydrogens is 376 g/mol. The monoisotopic (exact) mass is 394 g/mol. The van der Waals surface area contributed by atoms with E-state index in [1.54, 1.807) is 18.6 Å². The Balaban J connectivity index is 1.40. The lowest BCUT2D eigenvalue weighted by Gasteiger charge is -2.07. The Morgan fingerprint density at radius 2 is 1.97 bits per heavy atom. The van der Waals surface area contributed by atoms with Crippen LogP contribution in [0.15, 0.2) is 61.1 Å². The summed E-state index contributed by atoms with van der Waals surface area (Å²) in [6.07, 6.45) is 7.22. The van der Waals surface area contributed by atoms with Crippen molar-refractivity contribution in [1.29, 1.82) is 0 Å². The van der Waals surface area contributed by atoms with Crippen LogP contribution in [0.3, 0.4) is 0 Å². The summed E-state index contributed by atoms with van der Waals surface area (Å²) in [6.45, 7) is 0. The average molecular weight is 394 g/mol. The zero-order valence-corrected chi connectivity index (χ0v) is 16.0. The highest BCUT2D eigenvalue weighted by atomic mass is 16.2. The van der Waals surface area contributed by atoms with Gasteiger partial charge in [-0.3, -0.25) is 19.9 Å². The van der Waals surface area contributed by atoms with E-state index in [0.29, 0.717) is 0 Å². The Morgan fingerprint density at radius 1 is 1.03 bits per heavy atom. The number of benzene rings is 1. The van der Waals surface area contributed by atoms with Gasteiger partial charge in [0.1, 0.15) is 5.69 Å². The lowest BCUT2D eigenvalue weighted by atomic mass is 10.0. The summed E-state index contributed by atoms with van der Waals surface area (Å²) in [5.74, 6) is 0.234. The van der Waals surface area contributed by atoms with Crippen molar-refractivity contribution in [2.75, 3.05) is 5.32 Å². The average Bonchev–Trinajstić information content (AvgIpc) is 3.40. The van der Waals surface area contributed by atoms with Crippen LogP contribution in [0, 0.1) is 5.92 Å². The molecule has 30 heavy (non-hydrogen) atoms. The maximum absolute atomic E-state index is 12.1. The Labute approximate surface area is 171 Å². The first-order valence-corrected chi connectivity index (χ1v) is 9.93. The molecule has 0 spiro atoms. The number of aromatic amines is 2. The van der Waals surface area contributed by atoms with Crippen molar-refractivity contribution in [3.63, 3.8) is 0 Å². The van der Waals surface area contributed by atoms with Gasteiger partial charge in [0.25, 0.3) is 0 Å². The predicted molar refractivity (Wildman–Crippen MR) is 116 cm³/mol. The van der Waals surface area contributed by atoms with E-state index in [-0.39, 0.29) is 11.8 Å². The number of nitrogens with zero attached hydrogens (tertiary/aromatic N) is 3. The van der Waals surface area contributed by atoms with Crippen LogP contribution in [0.2, 0.25) is 0 Å². The Kier molecular flexibility index (Phi) is 3.67. The number of aromatic nitrogens is 5. The molecule has 5 aromatic rings. The van der Waals surface area contributed by atoms with Gasteiger partial charge >= 0.3 is 0 Å². The summed E-state index contributed by atoms with van der Waals surface area (Å²) in [6, 6.07) is 14.0. The number of hydrogen-bond donors (Lipinski definition) is 3. The number of hydrogen-bond acceptors (Lipinski definition) is 4. The molecule has 146 valence electrons. The topological polar surface area (TPSA) is 99.3 Å². The molecule has 1 amide bonds. The summed E-state index contributed by atoms with van der Waals surface area (Å²) in [4.78, 5) is 24.2.